The van der Waals surface area contributed by atoms with E-state index >= 15 is 0 Å². The molecule has 1 unspecified atom stereocenters. The average molecular weight is 338 g/mol. The van der Waals surface area contributed by atoms with E-state index in [0.717, 1.165) is 29.7 Å². The highest BCUT2D eigenvalue weighted by Crippen LogP contribution is 2.35. The second kappa shape index (κ2) is 6.48. The van der Waals surface area contributed by atoms with Crippen LogP contribution in [0.25, 0.3) is 0 Å². The summed E-state index contributed by atoms with van der Waals surface area (Å²) in [6.45, 7) is 0.817. The predicted octanol–water partition coefficient (Wildman–Crippen LogP) is 4.22. The molecule has 20 heavy (non-hydrogen) atoms. The van der Waals surface area contributed by atoms with Gasteiger partial charge in [0.1, 0.15) is 5.75 Å². The molecule has 1 saturated carbocycles. The SMILES string of the molecule is NC(Cc1cc(Br)cc2c1OCC2)C1CCCCCC1. The molecule has 1 aliphatic heterocycles. The van der Waals surface area contributed by atoms with Crippen LogP contribution in [0.4, 0.5) is 0 Å². The molecule has 0 aromatic heterocycles. The zero-order valence-electron chi connectivity index (χ0n) is 12.0. The first-order valence-corrected chi connectivity index (χ1v) is 8.73. The van der Waals surface area contributed by atoms with Gasteiger partial charge in [-0.1, -0.05) is 41.6 Å². The van der Waals surface area contributed by atoms with Crippen molar-refractivity contribution in [1.29, 1.82) is 0 Å². The molecule has 1 atom stereocenters. The van der Waals surface area contributed by atoms with Gasteiger partial charge < -0.3 is 10.5 Å². The van der Waals surface area contributed by atoms with E-state index in [9.17, 15) is 0 Å². The third-order valence-corrected chi connectivity index (χ3v) is 5.24. The molecule has 0 bridgehead atoms. The highest BCUT2D eigenvalue weighted by atomic mass is 79.9. The van der Waals surface area contributed by atoms with E-state index in [1.807, 2.05) is 0 Å². The number of ether oxygens (including phenoxy) is 1. The molecule has 0 spiro atoms. The number of rotatable bonds is 3. The maximum atomic E-state index is 6.52. The van der Waals surface area contributed by atoms with E-state index in [1.54, 1.807) is 0 Å². The zero-order valence-corrected chi connectivity index (χ0v) is 13.6. The van der Waals surface area contributed by atoms with Crippen molar-refractivity contribution < 1.29 is 4.74 Å². The van der Waals surface area contributed by atoms with Gasteiger partial charge in [-0.05, 0) is 48.4 Å². The minimum atomic E-state index is 0.274. The topological polar surface area (TPSA) is 35.2 Å². The van der Waals surface area contributed by atoms with Gasteiger partial charge >= 0.3 is 0 Å². The lowest BCUT2D eigenvalue weighted by molar-refractivity contribution is 0.343. The van der Waals surface area contributed by atoms with Gasteiger partial charge in [0.15, 0.2) is 0 Å². The van der Waals surface area contributed by atoms with Gasteiger partial charge in [-0.25, -0.2) is 0 Å². The Kier molecular flexibility index (Phi) is 4.67. The van der Waals surface area contributed by atoms with E-state index in [2.05, 4.69) is 28.1 Å². The van der Waals surface area contributed by atoms with Crippen LogP contribution >= 0.6 is 15.9 Å². The maximum Gasteiger partial charge on any atom is 0.125 e. The van der Waals surface area contributed by atoms with Crippen LogP contribution in [0, 0.1) is 5.92 Å². The van der Waals surface area contributed by atoms with Gasteiger partial charge in [-0.3, -0.25) is 0 Å². The van der Waals surface area contributed by atoms with Crippen molar-refractivity contribution in [3.63, 3.8) is 0 Å². The quantitative estimate of drug-likeness (QED) is 0.838. The Balaban J connectivity index is 1.73. The molecule has 0 saturated heterocycles. The number of fused-ring (bicyclic) bond motifs is 1. The lowest BCUT2D eigenvalue weighted by atomic mass is 9.88. The van der Waals surface area contributed by atoms with Crippen molar-refractivity contribution in [3.8, 4) is 5.75 Å². The summed E-state index contributed by atoms with van der Waals surface area (Å²) in [4.78, 5) is 0. The fourth-order valence-electron chi connectivity index (χ4n) is 3.66. The first kappa shape index (κ1) is 14.4. The smallest absolute Gasteiger partial charge is 0.125 e. The number of halogens is 1. The Bertz CT molecular complexity index is 466. The number of benzene rings is 1. The van der Waals surface area contributed by atoms with Gasteiger partial charge in [0.2, 0.25) is 0 Å². The predicted molar refractivity (Wildman–Crippen MR) is 86.2 cm³/mol. The Morgan fingerprint density at radius 2 is 1.95 bits per heavy atom. The minimum absolute atomic E-state index is 0.274. The van der Waals surface area contributed by atoms with E-state index in [0.29, 0.717) is 5.92 Å². The van der Waals surface area contributed by atoms with E-state index in [-0.39, 0.29) is 6.04 Å². The fourth-order valence-corrected chi connectivity index (χ4v) is 4.21. The van der Waals surface area contributed by atoms with E-state index in [4.69, 9.17) is 10.5 Å². The highest BCUT2D eigenvalue weighted by molar-refractivity contribution is 9.10. The number of nitrogens with two attached hydrogens (primary N) is 1. The highest BCUT2D eigenvalue weighted by Gasteiger charge is 2.23. The monoisotopic (exact) mass is 337 g/mol. The Morgan fingerprint density at radius 3 is 2.70 bits per heavy atom. The summed E-state index contributed by atoms with van der Waals surface area (Å²) in [5, 5.41) is 0. The van der Waals surface area contributed by atoms with Crippen molar-refractivity contribution in [2.24, 2.45) is 11.7 Å². The molecule has 1 fully saturated rings. The molecule has 1 heterocycles. The molecular weight excluding hydrogens is 314 g/mol. The third-order valence-electron chi connectivity index (χ3n) is 4.79. The Hall–Kier alpha value is -0.540. The second-order valence-electron chi connectivity index (χ2n) is 6.27. The van der Waals surface area contributed by atoms with E-state index in [1.165, 1.54) is 49.7 Å². The van der Waals surface area contributed by atoms with Crippen LogP contribution in [0.5, 0.6) is 5.75 Å². The summed E-state index contributed by atoms with van der Waals surface area (Å²) in [5.41, 5.74) is 9.15. The zero-order chi connectivity index (χ0) is 13.9. The van der Waals surface area contributed by atoms with Crippen molar-refractivity contribution in [2.45, 2.75) is 57.4 Å². The lowest BCUT2D eigenvalue weighted by Crippen LogP contribution is -2.32. The molecule has 2 aliphatic rings. The van der Waals surface area contributed by atoms with Crippen LogP contribution in [0.15, 0.2) is 16.6 Å². The van der Waals surface area contributed by atoms with Crippen molar-refractivity contribution in [2.75, 3.05) is 6.61 Å². The van der Waals surface area contributed by atoms with Gasteiger partial charge in [0.05, 0.1) is 6.61 Å². The van der Waals surface area contributed by atoms with Crippen LogP contribution in [-0.2, 0) is 12.8 Å². The molecule has 3 rings (SSSR count). The first-order chi connectivity index (χ1) is 9.74. The van der Waals surface area contributed by atoms with Crippen LogP contribution in [0.1, 0.15) is 49.7 Å². The largest absolute Gasteiger partial charge is 0.493 e. The van der Waals surface area contributed by atoms with Gasteiger partial charge in [0.25, 0.3) is 0 Å². The molecule has 1 aromatic carbocycles. The standard InChI is InChI=1S/C17H24BrNO/c18-15-9-13-7-8-20-17(13)14(10-15)11-16(19)12-5-3-1-2-4-6-12/h9-10,12,16H,1-8,11,19H2. The van der Waals surface area contributed by atoms with Crippen molar-refractivity contribution >= 4 is 15.9 Å². The number of hydrogen-bond donors (Lipinski definition) is 1. The molecule has 110 valence electrons. The van der Waals surface area contributed by atoms with Crippen molar-refractivity contribution in [1.82, 2.24) is 0 Å². The Labute approximate surface area is 130 Å². The molecular formula is C17H24BrNO. The van der Waals surface area contributed by atoms with Crippen LogP contribution < -0.4 is 10.5 Å². The molecule has 2 nitrogen and oxygen atoms in total. The molecule has 2 N–H and O–H groups in total. The van der Waals surface area contributed by atoms with Crippen molar-refractivity contribution in [3.05, 3.63) is 27.7 Å². The summed E-state index contributed by atoms with van der Waals surface area (Å²) < 4.78 is 6.98. The molecule has 1 aliphatic carbocycles. The average Bonchev–Trinajstić information content (AvgIpc) is 2.72. The number of hydrogen-bond acceptors (Lipinski definition) is 2. The van der Waals surface area contributed by atoms with Crippen LogP contribution in [-0.4, -0.2) is 12.6 Å². The molecule has 0 radical (unpaired) electrons. The summed E-state index contributed by atoms with van der Waals surface area (Å²) in [5.74, 6) is 1.80. The normalized spacial score (nSPS) is 21.1. The molecule has 1 aromatic rings. The van der Waals surface area contributed by atoms with Crippen LogP contribution in [0.3, 0.4) is 0 Å². The van der Waals surface area contributed by atoms with Gasteiger partial charge in [-0.2, -0.15) is 0 Å². The van der Waals surface area contributed by atoms with E-state index < -0.39 is 0 Å². The minimum Gasteiger partial charge on any atom is -0.493 e. The summed E-state index contributed by atoms with van der Waals surface area (Å²) in [7, 11) is 0. The first-order valence-electron chi connectivity index (χ1n) is 7.94. The fraction of sp³-hybridized carbons (Fsp3) is 0.647. The van der Waals surface area contributed by atoms with Crippen LogP contribution in [0.2, 0.25) is 0 Å². The maximum absolute atomic E-state index is 6.52. The van der Waals surface area contributed by atoms with Gasteiger partial charge in [0, 0.05) is 16.9 Å². The van der Waals surface area contributed by atoms with Gasteiger partial charge in [-0.15, -0.1) is 0 Å². The molecule has 0 amide bonds. The summed E-state index contributed by atoms with van der Waals surface area (Å²) in [6, 6.07) is 4.65. The second-order valence-corrected chi connectivity index (χ2v) is 7.19. The summed E-state index contributed by atoms with van der Waals surface area (Å²) in [6.07, 6.45) is 10.1. The lowest BCUT2D eigenvalue weighted by Gasteiger charge is -2.23. The molecule has 3 heteroatoms. The third kappa shape index (κ3) is 3.20. The summed E-state index contributed by atoms with van der Waals surface area (Å²) >= 11 is 3.62. The Morgan fingerprint density at radius 1 is 1.20 bits per heavy atom.